The minimum Gasteiger partial charge on any atom is -0.373 e. The van der Waals surface area contributed by atoms with Crippen molar-refractivity contribution >= 4 is 28.4 Å². The van der Waals surface area contributed by atoms with Crippen LogP contribution in [0.2, 0.25) is 0 Å². The molecule has 0 saturated heterocycles. The second-order valence-electron chi connectivity index (χ2n) is 6.52. The Morgan fingerprint density at radius 1 is 1.25 bits per heavy atom. The van der Waals surface area contributed by atoms with Gasteiger partial charge in [0.25, 0.3) is 0 Å². The van der Waals surface area contributed by atoms with Crippen molar-refractivity contribution in [2.45, 2.75) is 47.1 Å². The van der Waals surface area contributed by atoms with E-state index in [9.17, 15) is 0 Å². The molecular weight excluding hydrogens is 365 g/mol. The average Bonchev–Trinajstić information content (AvgIpc) is 2.31. The number of rotatable bonds is 5. The molecule has 0 saturated carbocycles. The Hall–Kier alpha value is -0.430. The third-order valence-electron chi connectivity index (χ3n) is 3.03. The fourth-order valence-electron chi connectivity index (χ4n) is 2.16. The van der Waals surface area contributed by atoms with Gasteiger partial charge in [-0.15, -0.1) is 0 Å². The Morgan fingerprint density at radius 3 is 2.25 bits per heavy atom. The zero-order valence-electron chi connectivity index (χ0n) is 13.5. The van der Waals surface area contributed by atoms with Gasteiger partial charge in [0, 0.05) is 14.2 Å². The van der Waals surface area contributed by atoms with Crippen molar-refractivity contribution in [2.75, 3.05) is 19.5 Å². The molecule has 1 atom stereocenters. The molecule has 114 valence electrons. The van der Waals surface area contributed by atoms with Gasteiger partial charge in [-0.2, -0.15) is 0 Å². The molecule has 0 aromatic carbocycles. The van der Waals surface area contributed by atoms with Crippen LogP contribution in [-0.2, 0) is 11.2 Å². The fraction of sp³-hybridized carbons (Fsp3) is 0.733. The molecule has 0 aliphatic carbocycles. The largest absolute Gasteiger partial charge is 0.373 e. The van der Waals surface area contributed by atoms with Crippen molar-refractivity contribution in [3.8, 4) is 0 Å². The van der Waals surface area contributed by atoms with Gasteiger partial charge in [-0.05, 0) is 40.3 Å². The molecule has 1 aromatic rings. The van der Waals surface area contributed by atoms with E-state index in [1.807, 2.05) is 7.05 Å². The lowest BCUT2D eigenvalue weighted by Gasteiger charge is -2.28. The van der Waals surface area contributed by atoms with Crippen molar-refractivity contribution in [2.24, 2.45) is 11.3 Å². The molecule has 5 heteroatoms. The average molecular weight is 391 g/mol. The molecule has 4 nitrogen and oxygen atoms in total. The number of hydrogen-bond acceptors (Lipinski definition) is 4. The standard InChI is InChI=1S/C15H26IN3O/c1-9(2)8-10-11(16)13(17-6)19-14(18-10)12(20-7)15(3,4)5/h9,12H,8H2,1-7H3,(H,17,18,19). The summed E-state index contributed by atoms with van der Waals surface area (Å²) >= 11 is 2.32. The molecule has 1 rings (SSSR count). The third-order valence-corrected chi connectivity index (χ3v) is 4.17. The normalized spacial score (nSPS) is 13.7. The number of anilines is 1. The van der Waals surface area contributed by atoms with Crippen LogP contribution in [0.4, 0.5) is 5.82 Å². The molecule has 0 aliphatic heterocycles. The second-order valence-corrected chi connectivity index (χ2v) is 7.60. The molecule has 0 fully saturated rings. The summed E-state index contributed by atoms with van der Waals surface area (Å²) in [5.74, 6) is 2.21. The summed E-state index contributed by atoms with van der Waals surface area (Å²) in [4.78, 5) is 9.42. The predicted octanol–water partition coefficient (Wildman–Crippen LogP) is 4.06. The summed E-state index contributed by atoms with van der Waals surface area (Å²) in [6.07, 6.45) is 0.834. The van der Waals surface area contributed by atoms with Crippen LogP contribution in [0.1, 0.15) is 52.2 Å². The third kappa shape index (κ3) is 4.28. The van der Waals surface area contributed by atoms with Crippen LogP contribution in [0, 0.1) is 14.9 Å². The van der Waals surface area contributed by atoms with E-state index in [1.165, 1.54) is 0 Å². The molecule has 0 radical (unpaired) electrons. The van der Waals surface area contributed by atoms with Gasteiger partial charge in [0.05, 0.1) is 9.26 Å². The van der Waals surface area contributed by atoms with Gasteiger partial charge in [-0.1, -0.05) is 34.6 Å². The number of nitrogens with one attached hydrogen (secondary N) is 1. The van der Waals surface area contributed by atoms with Gasteiger partial charge in [0.1, 0.15) is 11.9 Å². The van der Waals surface area contributed by atoms with E-state index in [0.29, 0.717) is 5.92 Å². The summed E-state index contributed by atoms with van der Waals surface area (Å²) in [5.41, 5.74) is 1.06. The van der Waals surface area contributed by atoms with Crippen molar-refractivity contribution in [1.82, 2.24) is 9.97 Å². The number of methoxy groups -OCH3 is 1. The Morgan fingerprint density at radius 2 is 1.85 bits per heavy atom. The number of nitrogens with zero attached hydrogens (tertiary/aromatic N) is 2. The van der Waals surface area contributed by atoms with Crippen molar-refractivity contribution in [3.05, 3.63) is 15.1 Å². The summed E-state index contributed by atoms with van der Waals surface area (Å²) in [5, 5.41) is 3.17. The fourth-order valence-corrected chi connectivity index (χ4v) is 2.89. The van der Waals surface area contributed by atoms with Crippen LogP contribution >= 0.6 is 22.6 Å². The Balaban J connectivity index is 3.33. The first kappa shape index (κ1) is 17.6. The van der Waals surface area contributed by atoms with Crippen LogP contribution in [0.15, 0.2) is 0 Å². The molecule has 1 aromatic heterocycles. The molecular formula is C15H26IN3O. The van der Waals surface area contributed by atoms with Crippen LogP contribution in [-0.4, -0.2) is 24.1 Å². The molecule has 1 unspecified atom stereocenters. The van der Waals surface area contributed by atoms with Crippen molar-refractivity contribution in [1.29, 1.82) is 0 Å². The predicted molar refractivity (Wildman–Crippen MR) is 92.0 cm³/mol. The smallest absolute Gasteiger partial charge is 0.160 e. The maximum atomic E-state index is 5.64. The summed E-state index contributed by atoms with van der Waals surface area (Å²) < 4.78 is 6.75. The van der Waals surface area contributed by atoms with Crippen molar-refractivity contribution < 1.29 is 4.74 Å². The highest BCUT2D eigenvalue weighted by Gasteiger charge is 2.30. The van der Waals surface area contributed by atoms with Crippen LogP contribution in [0.25, 0.3) is 0 Å². The Kier molecular flexibility index (Phi) is 6.19. The van der Waals surface area contributed by atoms with E-state index < -0.39 is 0 Å². The molecule has 20 heavy (non-hydrogen) atoms. The lowest BCUT2D eigenvalue weighted by molar-refractivity contribution is 0.00856. The summed E-state index contributed by atoms with van der Waals surface area (Å²) in [7, 11) is 3.62. The van der Waals surface area contributed by atoms with Gasteiger partial charge in [-0.3, -0.25) is 0 Å². The molecule has 0 spiro atoms. The number of hydrogen-bond donors (Lipinski definition) is 1. The van der Waals surface area contributed by atoms with E-state index in [0.717, 1.165) is 27.3 Å². The first-order valence-corrected chi connectivity index (χ1v) is 8.05. The zero-order chi connectivity index (χ0) is 15.5. The zero-order valence-corrected chi connectivity index (χ0v) is 15.7. The van der Waals surface area contributed by atoms with Crippen molar-refractivity contribution in [3.63, 3.8) is 0 Å². The molecule has 1 N–H and O–H groups in total. The number of ether oxygens (including phenoxy) is 1. The monoisotopic (exact) mass is 391 g/mol. The SMILES string of the molecule is CNc1nc(C(OC)C(C)(C)C)nc(CC(C)C)c1I. The van der Waals surface area contributed by atoms with Crippen LogP contribution in [0.5, 0.6) is 0 Å². The Bertz CT molecular complexity index is 455. The first-order chi connectivity index (χ1) is 9.20. The van der Waals surface area contributed by atoms with E-state index in [1.54, 1.807) is 7.11 Å². The number of halogens is 1. The maximum absolute atomic E-state index is 5.64. The molecule has 0 bridgehead atoms. The maximum Gasteiger partial charge on any atom is 0.160 e. The highest BCUT2D eigenvalue weighted by molar-refractivity contribution is 14.1. The molecule has 0 amide bonds. The van der Waals surface area contributed by atoms with Crippen LogP contribution < -0.4 is 5.32 Å². The van der Waals surface area contributed by atoms with E-state index >= 15 is 0 Å². The summed E-state index contributed by atoms with van der Waals surface area (Å²) in [6, 6.07) is 0. The highest BCUT2D eigenvalue weighted by Crippen LogP contribution is 2.35. The van der Waals surface area contributed by atoms with E-state index in [4.69, 9.17) is 9.72 Å². The quantitative estimate of drug-likeness (QED) is 0.770. The lowest BCUT2D eigenvalue weighted by atomic mass is 9.88. The van der Waals surface area contributed by atoms with E-state index in [2.05, 4.69) is 67.5 Å². The first-order valence-electron chi connectivity index (χ1n) is 6.97. The van der Waals surface area contributed by atoms with Gasteiger partial charge in [-0.25, -0.2) is 9.97 Å². The van der Waals surface area contributed by atoms with E-state index in [-0.39, 0.29) is 11.5 Å². The topological polar surface area (TPSA) is 47.0 Å². The van der Waals surface area contributed by atoms with Gasteiger partial charge >= 0.3 is 0 Å². The highest BCUT2D eigenvalue weighted by atomic mass is 127. The lowest BCUT2D eigenvalue weighted by Crippen LogP contribution is -2.24. The second kappa shape index (κ2) is 7.02. The van der Waals surface area contributed by atoms with Gasteiger partial charge < -0.3 is 10.1 Å². The van der Waals surface area contributed by atoms with Gasteiger partial charge in [0.2, 0.25) is 0 Å². The Labute approximate surface area is 136 Å². The minimum absolute atomic E-state index is 0.0400. The van der Waals surface area contributed by atoms with Crippen LogP contribution in [0.3, 0.4) is 0 Å². The number of aromatic nitrogens is 2. The molecule has 1 heterocycles. The molecule has 0 aliphatic rings. The minimum atomic E-state index is -0.113. The van der Waals surface area contributed by atoms with Gasteiger partial charge in [0.15, 0.2) is 5.82 Å². The summed E-state index contributed by atoms with van der Waals surface area (Å²) in [6.45, 7) is 10.8.